The lowest BCUT2D eigenvalue weighted by Crippen LogP contribution is -2.19. The molecule has 1 atom stereocenters. The number of carboxylic acid groups (broad SMARTS) is 1. The minimum absolute atomic E-state index is 0.0129. The SMILES string of the molecule is Cc1c(OCC(F)(F)F)ccnc1COc1ccc2c(c1)OCC2CC(=O)O. The number of halogens is 3. The van der Waals surface area contributed by atoms with Crippen LogP contribution in [0, 0.1) is 6.92 Å². The smallest absolute Gasteiger partial charge is 0.422 e. The molecule has 0 saturated heterocycles. The molecule has 28 heavy (non-hydrogen) atoms. The van der Waals surface area contributed by atoms with Crippen molar-refractivity contribution in [1.29, 1.82) is 0 Å². The normalized spacial score (nSPS) is 15.6. The number of carbonyl (C=O) groups is 1. The molecule has 2 aromatic rings. The summed E-state index contributed by atoms with van der Waals surface area (Å²) in [4.78, 5) is 15.0. The van der Waals surface area contributed by atoms with Crippen molar-refractivity contribution in [2.45, 2.75) is 32.0 Å². The minimum Gasteiger partial charge on any atom is -0.492 e. The Kier molecular flexibility index (Phi) is 5.62. The summed E-state index contributed by atoms with van der Waals surface area (Å²) in [5.41, 5.74) is 1.72. The molecule has 6 nitrogen and oxygen atoms in total. The fraction of sp³-hybridized carbons (Fsp3) is 0.368. The molecule has 1 aliphatic heterocycles. The van der Waals surface area contributed by atoms with Gasteiger partial charge in [0.2, 0.25) is 0 Å². The topological polar surface area (TPSA) is 77.9 Å². The zero-order valence-corrected chi connectivity index (χ0v) is 15.0. The van der Waals surface area contributed by atoms with Gasteiger partial charge >= 0.3 is 12.1 Å². The Labute approximate surface area is 158 Å². The van der Waals surface area contributed by atoms with Gasteiger partial charge in [-0.25, -0.2) is 0 Å². The molecule has 150 valence electrons. The largest absolute Gasteiger partial charge is 0.492 e. The molecule has 1 aliphatic rings. The third-order valence-electron chi connectivity index (χ3n) is 4.31. The summed E-state index contributed by atoms with van der Waals surface area (Å²) in [7, 11) is 0. The second kappa shape index (κ2) is 7.95. The Morgan fingerprint density at radius 3 is 2.82 bits per heavy atom. The number of fused-ring (bicyclic) bond motifs is 1. The van der Waals surface area contributed by atoms with Gasteiger partial charge in [-0.05, 0) is 19.1 Å². The summed E-state index contributed by atoms with van der Waals surface area (Å²) in [5, 5.41) is 8.94. The molecule has 1 N–H and O–H groups in total. The molecule has 0 saturated carbocycles. The quantitative estimate of drug-likeness (QED) is 0.765. The fourth-order valence-corrected chi connectivity index (χ4v) is 2.90. The van der Waals surface area contributed by atoms with E-state index in [1.165, 1.54) is 12.3 Å². The average molecular weight is 397 g/mol. The van der Waals surface area contributed by atoms with Crippen molar-refractivity contribution in [3.8, 4) is 17.2 Å². The van der Waals surface area contributed by atoms with Crippen LogP contribution in [0.15, 0.2) is 30.5 Å². The van der Waals surface area contributed by atoms with Gasteiger partial charge in [-0.2, -0.15) is 13.2 Å². The highest BCUT2D eigenvalue weighted by Gasteiger charge is 2.29. The molecule has 1 unspecified atom stereocenters. The average Bonchev–Trinajstić information content (AvgIpc) is 3.00. The van der Waals surface area contributed by atoms with Crippen molar-refractivity contribution < 1.29 is 37.3 Å². The highest BCUT2D eigenvalue weighted by molar-refractivity contribution is 5.68. The first kappa shape index (κ1) is 19.8. The van der Waals surface area contributed by atoms with Gasteiger partial charge in [-0.15, -0.1) is 0 Å². The second-order valence-corrected chi connectivity index (χ2v) is 6.38. The van der Waals surface area contributed by atoms with E-state index < -0.39 is 18.8 Å². The number of pyridine rings is 1. The Hall–Kier alpha value is -2.97. The van der Waals surface area contributed by atoms with Crippen LogP contribution in [0.1, 0.15) is 29.2 Å². The molecule has 1 aromatic heterocycles. The Balaban J connectivity index is 1.66. The fourth-order valence-electron chi connectivity index (χ4n) is 2.90. The maximum absolute atomic E-state index is 12.3. The van der Waals surface area contributed by atoms with Crippen LogP contribution in [-0.2, 0) is 11.4 Å². The molecule has 2 heterocycles. The molecular formula is C19H18F3NO5. The van der Waals surface area contributed by atoms with Gasteiger partial charge in [0.05, 0.1) is 18.7 Å². The van der Waals surface area contributed by atoms with Crippen LogP contribution >= 0.6 is 0 Å². The van der Waals surface area contributed by atoms with Crippen LogP contribution in [0.3, 0.4) is 0 Å². The maximum Gasteiger partial charge on any atom is 0.422 e. The highest BCUT2D eigenvalue weighted by Crippen LogP contribution is 2.38. The lowest BCUT2D eigenvalue weighted by atomic mass is 9.98. The van der Waals surface area contributed by atoms with Gasteiger partial charge in [0.25, 0.3) is 0 Å². The molecule has 0 amide bonds. The lowest BCUT2D eigenvalue weighted by Gasteiger charge is -2.14. The van der Waals surface area contributed by atoms with Gasteiger partial charge in [0, 0.05) is 29.3 Å². The Bertz CT molecular complexity index is 869. The van der Waals surface area contributed by atoms with Gasteiger partial charge in [-0.1, -0.05) is 6.07 Å². The van der Waals surface area contributed by atoms with Crippen LogP contribution < -0.4 is 14.2 Å². The zero-order chi connectivity index (χ0) is 20.3. The molecule has 0 spiro atoms. The number of alkyl halides is 3. The van der Waals surface area contributed by atoms with Crippen LogP contribution in [0.25, 0.3) is 0 Å². The van der Waals surface area contributed by atoms with E-state index >= 15 is 0 Å². The number of rotatable bonds is 7. The van der Waals surface area contributed by atoms with E-state index in [2.05, 4.69) is 4.98 Å². The number of ether oxygens (including phenoxy) is 3. The van der Waals surface area contributed by atoms with Crippen LogP contribution in [-0.4, -0.2) is 35.4 Å². The van der Waals surface area contributed by atoms with Crippen molar-refractivity contribution in [3.05, 3.63) is 47.3 Å². The predicted molar refractivity (Wildman–Crippen MR) is 91.8 cm³/mol. The van der Waals surface area contributed by atoms with Crippen LogP contribution in [0.2, 0.25) is 0 Å². The molecule has 9 heteroatoms. The van der Waals surface area contributed by atoms with Gasteiger partial charge in [0.1, 0.15) is 23.9 Å². The maximum atomic E-state index is 12.3. The van der Waals surface area contributed by atoms with Crippen molar-refractivity contribution in [2.24, 2.45) is 0 Å². The number of hydrogen-bond acceptors (Lipinski definition) is 5. The van der Waals surface area contributed by atoms with Crippen molar-refractivity contribution in [1.82, 2.24) is 4.98 Å². The molecule has 0 bridgehead atoms. The zero-order valence-electron chi connectivity index (χ0n) is 15.0. The lowest BCUT2D eigenvalue weighted by molar-refractivity contribution is -0.153. The van der Waals surface area contributed by atoms with Crippen molar-refractivity contribution in [2.75, 3.05) is 13.2 Å². The van der Waals surface area contributed by atoms with Crippen LogP contribution in [0.5, 0.6) is 17.2 Å². The predicted octanol–water partition coefficient (Wildman–Crippen LogP) is 3.86. The molecule has 0 fully saturated rings. The van der Waals surface area contributed by atoms with Gasteiger partial charge in [0.15, 0.2) is 6.61 Å². The summed E-state index contributed by atoms with van der Waals surface area (Å²) >= 11 is 0. The molecule has 0 aliphatic carbocycles. The summed E-state index contributed by atoms with van der Waals surface area (Å²) in [6, 6.07) is 6.49. The van der Waals surface area contributed by atoms with Crippen molar-refractivity contribution >= 4 is 5.97 Å². The standard InChI is InChI=1S/C19H18F3NO5/c1-11-15(23-5-4-16(11)28-10-19(20,21)22)9-26-13-2-3-14-12(6-18(24)25)8-27-17(14)7-13/h2-5,7,12H,6,8-10H2,1H3,(H,24,25). The van der Waals surface area contributed by atoms with E-state index in [0.717, 1.165) is 5.56 Å². The first-order valence-corrected chi connectivity index (χ1v) is 8.48. The Morgan fingerprint density at radius 1 is 1.32 bits per heavy atom. The highest BCUT2D eigenvalue weighted by atomic mass is 19.4. The summed E-state index contributed by atoms with van der Waals surface area (Å²) in [5.74, 6) is 0.0526. The summed E-state index contributed by atoms with van der Waals surface area (Å²) in [6.45, 7) is 0.564. The molecule has 3 rings (SSSR count). The molecule has 0 radical (unpaired) electrons. The number of benzene rings is 1. The monoisotopic (exact) mass is 397 g/mol. The number of aromatic nitrogens is 1. The van der Waals surface area contributed by atoms with E-state index in [9.17, 15) is 18.0 Å². The third-order valence-corrected chi connectivity index (χ3v) is 4.31. The number of carboxylic acids is 1. The number of hydrogen-bond donors (Lipinski definition) is 1. The molecular weight excluding hydrogens is 379 g/mol. The first-order chi connectivity index (χ1) is 13.2. The van der Waals surface area contributed by atoms with Crippen LogP contribution in [0.4, 0.5) is 13.2 Å². The molecule has 1 aromatic carbocycles. The van der Waals surface area contributed by atoms with Crippen molar-refractivity contribution in [3.63, 3.8) is 0 Å². The van der Waals surface area contributed by atoms with E-state index in [1.807, 2.05) is 0 Å². The number of nitrogens with zero attached hydrogens (tertiary/aromatic N) is 1. The van der Waals surface area contributed by atoms with E-state index in [4.69, 9.17) is 19.3 Å². The van der Waals surface area contributed by atoms with Gasteiger partial charge < -0.3 is 19.3 Å². The minimum atomic E-state index is -4.42. The third kappa shape index (κ3) is 4.85. The summed E-state index contributed by atoms with van der Waals surface area (Å²) < 4.78 is 53.0. The number of aliphatic carboxylic acids is 1. The van der Waals surface area contributed by atoms with E-state index in [1.54, 1.807) is 25.1 Å². The summed E-state index contributed by atoms with van der Waals surface area (Å²) in [6.07, 6.45) is -3.07. The van der Waals surface area contributed by atoms with E-state index in [0.29, 0.717) is 29.4 Å². The first-order valence-electron chi connectivity index (χ1n) is 8.48. The second-order valence-electron chi connectivity index (χ2n) is 6.38. The van der Waals surface area contributed by atoms with Gasteiger partial charge in [-0.3, -0.25) is 9.78 Å². The van der Waals surface area contributed by atoms with E-state index in [-0.39, 0.29) is 24.7 Å². The Morgan fingerprint density at radius 2 is 2.11 bits per heavy atom.